The number of hydrogen-bond acceptors (Lipinski definition) is 7. The zero-order valence-corrected chi connectivity index (χ0v) is 8.35. The minimum Gasteiger partial charge on any atom is -0.394 e. The third-order valence-corrected chi connectivity index (χ3v) is 1.22. The number of nitrogens with one attached hydrogen (secondary N) is 1. The van der Waals surface area contributed by atoms with Crippen LogP contribution in [0.25, 0.3) is 0 Å². The first-order chi connectivity index (χ1) is 6.85. The molecule has 0 saturated heterocycles. The number of guanidine groups is 1. The van der Waals surface area contributed by atoms with Crippen LogP contribution in [0.5, 0.6) is 0 Å². The molecule has 0 aliphatic rings. The highest BCUT2D eigenvalue weighted by molar-refractivity contribution is 7.84. The van der Waals surface area contributed by atoms with Gasteiger partial charge < -0.3 is 20.8 Å². The van der Waals surface area contributed by atoms with Crippen molar-refractivity contribution in [2.45, 2.75) is 6.10 Å². The van der Waals surface area contributed by atoms with E-state index in [-0.39, 0.29) is 6.61 Å². The van der Waals surface area contributed by atoms with Gasteiger partial charge in [-0.1, -0.05) is 0 Å². The smallest absolute Gasteiger partial charge is 0.354 e. The maximum Gasteiger partial charge on any atom is 0.354 e. The molecule has 0 saturated carbocycles. The van der Waals surface area contributed by atoms with Crippen LogP contribution in [0, 0.1) is 0 Å². The van der Waals surface area contributed by atoms with E-state index in [0.29, 0.717) is 0 Å². The van der Waals surface area contributed by atoms with Gasteiger partial charge in [0.2, 0.25) is 0 Å². The molecule has 0 aliphatic carbocycles. The number of aliphatic hydroxyl groups is 2. The number of oxime groups is 1. The van der Waals surface area contributed by atoms with E-state index in [2.05, 4.69) is 19.4 Å². The average Bonchev–Trinajstić information content (AvgIpc) is 2.13. The van der Waals surface area contributed by atoms with Crippen molar-refractivity contribution in [3.05, 3.63) is 0 Å². The van der Waals surface area contributed by atoms with Crippen molar-refractivity contribution in [2.75, 3.05) is 13.2 Å². The summed E-state index contributed by atoms with van der Waals surface area (Å²) in [5.41, 5.74) is 6.69. The first-order valence-electron chi connectivity index (χ1n) is 3.56. The van der Waals surface area contributed by atoms with Crippen LogP contribution in [-0.4, -0.2) is 43.9 Å². The predicted molar refractivity (Wildman–Crippen MR) is 48.0 cm³/mol. The fraction of sp³-hybridized carbons (Fsp3) is 0.750. The Bertz CT molecular complexity index is 302. The fourth-order valence-electron chi connectivity index (χ4n) is 0.365. The van der Waals surface area contributed by atoms with Crippen molar-refractivity contribution in [3.8, 4) is 0 Å². The Morgan fingerprint density at radius 3 is 2.67 bits per heavy atom. The summed E-state index contributed by atoms with van der Waals surface area (Å²) in [5, 5.41) is 24.7. The first kappa shape index (κ1) is 13.9. The van der Waals surface area contributed by atoms with Crippen LogP contribution in [0.15, 0.2) is 5.16 Å². The summed E-state index contributed by atoms with van der Waals surface area (Å²) in [6.07, 6.45) is -1.11. The molecule has 0 aromatic rings. The third-order valence-electron chi connectivity index (χ3n) is 0.903. The SMILES string of the molecule is NC(=NOCC(O)CO)NOS(N)(=O)=O. The van der Waals surface area contributed by atoms with Gasteiger partial charge >= 0.3 is 10.3 Å². The van der Waals surface area contributed by atoms with Gasteiger partial charge in [0.1, 0.15) is 12.7 Å². The van der Waals surface area contributed by atoms with Crippen molar-refractivity contribution in [3.63, 3.8) is 0 Å². The molecule has 0 bridgehead atoms. The van der Waals surface area contributed by atoms with E-state index in [1.54, 1.807) is 5.48 Å². The van der Waals surface area contributed by atoms with E-state index in [4.69, 9.17) is 15.9 Å². The van der Waals surface area contributed by atoms with Gasteiger partial charge in [-0.05, 0) is 5.16 Å². The molecular weight excluding hydrogens is 232 g/mol. The van der Waals surface area contributed by atoms with Gasteiger partial charge in [-0.2, -0.15) is 8.42 Å². The Labute approximate surface area is 85.7 Å². The van der Waals surface area contributed by atoms with Crippen LogP contribution in [0.3, 0.4) is 0 Å². The van der Waals surface area contributed by atoms with Crippen molar-refractivity contribution in [1.29, 1.82) is 0 Å². The molecule has 15 heavy (non-hydrogen) atoms. The van der Waals surface area contributed by atoms with Gasteiger partial charge in [-0.15, -0.1) is 4.28 Å². The number of nitrogens with zero attached hydrogens (tertiary/aromatic N) is 1. The molecule has 0 rings (SSSR count). The van der Waals surface area contributed by atoms with Gasteiger partial charge in [-0.25, -0.2) is 10.6 Å². The highest BCUT2D eigenvalue weighted by Crippen LogP contribution is 1.84. The lowest BCUT2D eigenvalue weighted by Crippen LogP contribution is -2.36. The first-order valence-corrected chi connectivity index (χ1v) is 5.04. The van der Waals surface area contributed by atoms with Crippen molar-refractivity contribution in [2.24, 2.45) is 16.0 Å². The van der Waals surface area contributed by atoms with Crippen molar-refractivity contribution in [1.82, 2.24) is 5.48 Å². The lowest BCUT2D eigenvalue weighted by atomic mass is 10.4. The third kappa shape index (κ3) is 9.17. The number of nitrogens with two attached hydrogens (primary N) is 2. The number of rotatable bonds is 6. The van der Waals surface area contributed by atoms with Crippen LogP contribution in [-0.2, 0) is 19.4 Å². The second-order valence-corrected chi connectivity index (χ2v) is 3.44. The summed E-state index contributed by atoms with van der Waals surface area (Å²) in [6.45, 7) is -0.815. The molecule has 0 radical (unpaired) electrons. The monoisotopic (exact) mass is 244 g/mol. The van der Waals surface area contributed by atoms with Gasteiger partial charge in [0, 0.05) is 0 Å². The number of hydroxylamine groups is 1. The lowest BCUT2D eigenvalue weighted by molar-refractivity contribution is 0.00722. The molecule has 0 fully saturated rings. The van der Waals surface area contributed by atoms with E-state index in [9.17, 15) is 8.42 Å². The second-order valence-electron chi connectivity index (χ2n) is 2.29. The molecule has 90 valence electrons. The Morgan fingerprint density at radius 1 is 1.60 bits per heavy atom. The van der Waals surface area contributed by atoms with E-state index in [0.717, 1.165) is 0 Å². The lowest BCUT2D eigenvalue weighted by Gasteiger charge is -2.06. The van der Waals surface area contributed by atoms with Crippen LogP contribution in [0.1, 0.15) is 0 Å². The molecule has 11 heteroatoms. The zero-order chi connectivity index (χ0) is 11.9. The molecule has 1 unspecified atom stereocenters. The van der Waals surface area contributed by atoms with Gasteiger partial charge in [0.05, 0.1) is 6.61 Å². The Morgan fingerprint density at radius 2 is 2.20 bits per heavy atom. The summed E-state index contributed by atoms with van der Waals surface area (Å²) in [5.74, 6) is -0.519. The normalized spacial score (nSPS) is 14.7. The standard InChI is InChI=1S/C4H12N4O6S/c5-4(8-14-15(6,11)12)7-13-2-3(10)1-9/h3,9-10H,1-2H2,(H3,5,7,8)(H2,6,11,12). The zero-order valence-electron chi connectivity index (χ0n) is 7.53. The Kier molecular flexibility index (Phi) is 5.88. The molecule has 0 spiro atoms. The van der Waals surface area contributed by atoms with Crippen LogP contribution in [0.2, 0.25) is 0 Å². The molecule has 0 aromatic heterocycles. The summed E-state index contributed by atoms with van der Waals surface area (Å²) in [6, 6.07) is 0. The summed E-state index contributed by atoms with van der Waals surface area (Å²) in [7, 11) is -4.18. The minimum absolute atomic E-state index is 0.311. The molecule has 10 nitrogen and oxygen atoms in total. The van der Waals surface area contributed by atoms with E-state index >= 15 is 0 Å². The van der Waals surface area contributed by atoms with E-state index in [1.165, 1.54) is 0 Å². The van der Waals surface area contributed by atoms with E-state index in [1.807, 2.05) is 0 Å². The van der Waals surface area contributed by atoms with Crippen LogP contribution < -0.4 is 16.4 Å². The predicted octanol–water partition coefficient (Wildman–Crippen LogP) is -3.69. The van der Waals surface area contributed by atoms with Gasteiger partial charge in [-0.3, -0.25) is 0 Å². The largest absolute Gasteiger partial charge is 0.394 e. The summed E-state index contributed by atoms with van der Waals surface area (Å²) in [4.78, 5) is 4.39. The molecule has 0 aromatic carbocycles. The Balaban J connectivity index is 3.80. The summed E-state index contributed by atoms with van der Waals surface area (Å²) >= 11 is 0. The maximum atomic E-state index is 10.2. The van der Waals surface area contributed by atoms with E-state index < -0.39 is 29.0 Å². The molecule has 1 atom stereocenters. The Hall–Kier alpha value is -1.14. The maximum absolute atomic E-state index is 10.2. The van der Waals surface area contributed by atoms with Gasteiger partial charge in [0.25, 0.3) is 5.96 Å². The van der Waals surface area contributed by atoms with Crippen LogP contribution in [0.4, 0.5) is 0 Å². The molecular formula is C4H12N4O6S. The van der Waals surface area contributed by atoms with Gasteiger partial charge in [0.15, 0.2) is 0 Å². The summed E-state index contributed by atoms with van der Waals surface area (Å²) < 4.78 is 24.3. The molecule has 0 heterocycles. The van der Waals surface area contributed by atoms with Crippen molar-refractivity contribution >= 4 is 16.3 Å². The highest BCUT2D eigenvalue weighted by atomic mass is 32.2. The number of hydrogen-bond donors (Lipinski definition) is 5. The highest BCUT2D eigenvalue weighted by Gasteiger charge is 2.04. The molecule has 0 amide bonds. The van der Waals surface area contributed by atoms with Crippen LogP contribution >= 0.6 is 0 Å². The average molecular weight is 244 g/mol. The fourth-order valence-corrected chi connectivity index (χ4v) is 0.566. The molecule has 0 aliphatic heterocycles. The topological polar surface area (TPSA) is 169 Å². The number of aliphatic hydroxyl groups excluding tert-OH is 2. The molecule has 7 N–H and O–H groups in total. The quantitative estimate of drug-likeness (QED) is 0.180. The minimum atomic E-state index is -4.18. The van der Waals surface area contributed by atoms with Crippen molar-refractivity contribution < 1.29 is 27.8 Å². The second kappa shape index (κ2) is 6.36.